The van der Waals surface area contributed by atoms with E-state index in [-0.39, 0.29) is 5.56 Å². The standard InChI is InChI=1S/C18H14ClN3O2S/c1-10-11(2)25-17-15(10)18(23)22(9-20-17)7-14-8-24-16(21-14)12-4-3-5-13(19)6-12/h3-6,8-9H,7H2,1-2H3. The van der Waals surface area contributed by atoms with Gasteiger partial charge in [0, 0.05) is 15.5 Å². The van der Waals surface area contributed by atoms with Gasteiger partial charge in [-0.2, -0.15) is 0 Å². The minimum atomic E-state index is -0.0563. The third-order valence-corrected chi connectivity index (χ3v) is 5.46. The normalized spacial score (nSPS) is 11.3. The Kier molecular flexibility index (Phi) is 3.94. The van der Waals surface area contributed by atoms with Gasteiger partial charge in [0.1, 0.15) is 11.1 Å². The number of thiophene rings is 1. The highest BCUT2D eigenvalue weighted by atomic mass is 35.5. The van der Waals surface area contributed by atoms with Crippen molar-refractivity contribution in [2.45, 2.75) is 20.4 Å². The summed E-state index contributed by atoms with van der Waals surface area (Å²) in [5.41, 5.74) is 2.39. The van der Waals surface area contributed by atoms with Crippen molar-refractivity contribution in [3.63, 3.8) is 0 Å². The fourth-order valence-corrected chi connectivity index (χ4v) is 3.87. The molecule has 0 amide bonds. The van der Waals surface area contributed by atoms with Crippen LogP contribution in [0, 0.1) is 13.8 Å². The first-order valence-corrected chi connectivity index (χ1v) is 8.88. The number of hydrogen-bond acceptors (Lipinski definition) is 5. The number of hydrogen-bond donors (Lipinski definition) is 0. The van der Waals surface area contributed by atoms with Crippen molar-refractivity contribution in [3.8, 4) is 11.5 Å². The van der Waals surface area contributed by atoms with Gasteiger partial charge >= 0.3 is 0 Å². The molecule has 0 unspecified atom stereocenters. The van der Waals surface area contributed by atoms with Gasteiger partial charge in [0.2, 0.25) is 5.89 Å². The van der Waals surface area contributed by atoms with E-state index in [1.54, 1.807) is 29.3 Å². The summed E-state index contributed by atoms with van der Waals surface area (Å²) < 4.78 is 7.09. The van der Waals surface area contributed by atoms with Crippen LogP contribution in [0.3, 0.4) is 0 Å². The molecule has 5 nitrogen and oxygen atoms in total. The van der Waals surface area contributed by atoms with E-state index >= 15 is 0 Å². The molecule has 0 aliphatic heterocycles. The van der Waals surface area contributed by atoms with Crippen LogP contribution in [0.15, 0.2) is 46.1 Å². The summed E-state index contributed by atoms with van der Waals surface area (Å²) in [5, 5.41) is 1.30. The van der Waals surface area contributed by atoms with Gasteiger partial charge in [0.05, 0.1) is 24.0 Å². The van der Waals surface area contributed by atoms with Crippen molar-refractivity contribution in [2.75, 3.05) is 0 Å². The van der Waals surface area contributed by atoms with Crippen molar-refractivity contribution < 1.29 is 4.42 Å². The van der Waals surface area contributed by atoms with Crippen molar-refractivity contribution in [3.05, 3.63) is 68.4 Å². The second kappa shape index (κ2) is 6.13. The molecule has 0 atom stereocenters. The third-order valence-electron chi connectivity index (χ3n) is 4.11. The Morgan fingerprint density at radius 2 is 2.16 bits per heavy atom. The molecule has 0 aliphatic rings. The second-order valence-corrected chi connectivity index (χ2v) is 7.43. The van der Waals surface area contributed by atoms with Crippen molar-refractivity contribution >= 4 is 33.2 Å². The number of oxazole rings is 1. The van der Waals surface area contributed by atoms with Crippen LogP contribution in [0.1, 0.15) is 16.1 Å². The van der Waals surface area contributed by atoms with Gasteiger partial charge < -0.3 is 4.42 Å². The molecule has 25 heavy (non-hydrogen) atoms. The van der Waals surface area contributed by atoms with Crippen LogP contribution >= 0.6 is 22.9 Å². The molecule has 0 aliphatic carbocycles. The van der Waals surface area contributed by atoms with Crippen LogP contribution in [0.25, 0.3) is 21.7 Å². The number of fused-ring (bicyclic) bond motifs is 1. The number of nitrogens with zero attached hydrogens (tertiary/aromatic N) is 3. The molecule has 3 aromatic heterocycles. The molecule has 0 bridgehead atoms. The van der Waals surface area contributed by atoms with Gasteiger partial charge in [-0.3, -0.25) is 9.36 Å². The maximum Gasteiger partial charge on any atom is 0.262 e. The fourth-order valence-electron chi connectivity index (χ4n) is 2.69. The van der Waals surface area contributed by atoms with Gasteiger partial charge in [-0.1, -0.05) is 17.7 Å². The summed E-state index contributed by atoms with van der Waals surface area (Å²) in [6.07, 6.45) is 3.12. The first-order valence-electron chi connectivity index (χ1n) is 7.68. The van der Waals surface area contributed by atoms with Crippen molar-refractivity contribution in [1.29, 1.82) is 0 Å². The Balaban J connectivity index is 1.69. The van der Waals surface area contributed by atoms with Crippen molar-refractivity contribution in [2.24, 2.45) is 0 Å². The average Bonchev–Trinajstić information content (AvgIpc) is 3.16. The van der Waals surface area contributed by atoms with Gasteiger partial charge in [-0.15, -0.1) is 11.3 Å². The Hall–Kier alpha value is -2.44. The second-order valence-electron chi connectivity index (χ2n) is 5.80. The molecule has 1 aromatic carbocycles. The lowest BCUT2D eigenvalue weighted by Gasteiger charge is -2.02. The van der Waals surface area contributed by atoms with Gasteiger partial charge in [0.25, 0.3) is 5.56 Å². The van der Waals surface area contributed by atoms with Crippen LogP contribution in [0.2, 0.25) is 5.02 Å². The van der Waals surface area contributed by atoms with E-state index in [1.807, 2.05) is 26.0 Å². The SMILES string of the molecule is Cc1sc2ncn(Cc3coc(-c4cccc(Cl)c4)n3)c(=O)c2c1C. The molecule has 7 heteroatoms. The maximum atomic E-state index is 12.7. The first-order chi connectivity index (χ1) is 12.0. The molecule has 4 rings (SSSR count). The van der Waals surface area contributed by atoms with E-state index in [2.05, 4.69) is 9.97 Å². The first kappa shape index (κ1) is 16.1. The molecule has 0 N–H and O–H groups in total. The van der Waals surface area contributed by atoms with E-state index in [1.165, 1.54) is 11.3 Å². The van der Waals surface area contributed by atoms with Gasteiger partial charge in [-0.25, -0.2) is 9.97 Å². The lowest BCUT2D eigenvalue weighted by molar-refractivity contribution is 0.571. The Morgan fingerprint density at radius 3 is 2.96 bits per heavy atom. The van der Waals surface area contributed by atoms with Crippen LogP contribution in [-0.4, -0.2) is 14.5 Å². The predicted octanol–water partition coefficient (Wildman–Crippen LogP) is 4.43. The molecule has 0 saturated carbocycles. The largest absolute Gasteiger partial charge is 0.444 e. The summed E-state index contributed by atoms with van der Waals surface area (Å²) in [4.78, 5) is 23.5. The molecule has 0 fully saturated rings. The molecule has 0 spiro atoms. The number of benzene rings is 1. The van der Waals surface area contributed by atoms with E-state index in [0.29, 0.717) is 28.5 Å². The van der Waals surface area contributed by atoms with E-state index in [0.717, 1.165) is 20.8 Å². The van der Waals surface area contributed by atoms with E-state index in [4.69, 9.17) is 16.0 Å². The number of aryl methyl sites for hydroxylation is 2. The minimum Gasteiger partial charge on any atom is -0.444 e. The van der Waals surface area contributed by atoms with Crippen LogP contribution in [0.5, 0.6) is 0 Å². The highest BCUT2D eigenvalue weighted by molar-refractivity contribution is 7.18. The zero-order valence-electron chi connectivity index (χ0n) is 13.6. The van der Waals surface area contributed by atoms with Gasteiger partial charge in [0.15, 0.2) is 0 Å². The summed E-state index contributed by atoms with van der Waals surface area (Å²) in [6.45, 7) is 4.26. The number of aromatic nitrogens is 3. The Bertz CT molecular complexity index is 1140. The molecular weight excluding hydrogens is 358 g/mol. The average molecular weight is 372 g/mol. The van der Waals surface area contributed by atoms with E-state index < -0.39 is 0 Å². The third kappa shape index (κ3) is 2.88. The Morgan fingerprint density at radius 1 is 1.32 bits per heavy atom. The smallest absolute Gasteiger partial charge is 0.262 e. The summed E-state index contributed by atoms with van der Waals surface area (Å²) in [6, 6.07) is 7.29. The highest BCUT2D eigenvalue weighted by Crippen LogP contribution is 2.26. The summed E-state index contributed by atoms with van der Waals surface area (Å²) >= 11 is 7.54. The number of halogens is 1. The Labute approximate surface area is 152 Å². The fraction of sp³-hybridized carbons (Fsp3) is 0.167. The molecule has 0 radical (unpaired) electrons. The topological polar surface area (TPSA) is 60.9 Å². The lowest BCUT2D eigenvalue weighted by Crippen LogP contribution is -2.21. The zero-order valence-corrected chi connectivity index (χ0v) is 15.2. The van der Waals surface area contributed by atoms with Crippen LogP contribution in [0.4, 0.5) is 0 Å². The van der Waals surface area contributed by atoms with Crippen LogP contribution in [-0.2, 0) is 6.54 Å². The molecule has 4 aromatic rings. The monoisotopic (exact) mass is 371 g/mol. The molecule has 126 valence electrons. The highest BCUT2D eigenvalue weighted by Gasteiger charge is 2.14. The quantitative estimate of drug-likeness (QED) is 0.534. The number of rotatable bonds is 3. The zero-order chi connectivity index (χ0) is 17.6. The molecule has 0 saturated heterocycles. The van der Waals surface area contributed by atoms with Crippen LogP contribution < -0.4 is 5.56 Å². The minimum absolute atomic E-state index is 0.0563. The maximum absolute atomic E-state index is 12.7. The summed E-state index contributed by atoms with van der Waals surface area (Å²) in [7, 11) is 0. The predicted molar refractivity (Wildman–Crippen MR) is 99.4 cm³/mol. The van der Waals surface area contributed by atoms with Gasteiger partial charge in [-0.05, 0) is 37.6 Å². The molecule has 3 heterocycles. The van der Waals surface area contributed by atoms with Crippen molar-refractivity contribution in [1.82, 2.24) is 14.5 Å². The summed E-state index contributed by atoms with van der Waals surface area (Å²) in [5.74, 6) is 0.474. The lowest BCUT2D eigenvalue weighted by atomic mass is 10.2. The van der Waals surface area contributed by atoms with E-state index in [9.17, 15) is 4.79 Å². The molecular formula is C18H14ClN3O2S.